The van der Waals surface area contributed by atoms with E-state index in [-0.39, 0.29) is 24.1 Å². The van der Waals surface area contributed by atoms with Crippen LogP contribution in [0.2, 0.25) is 0 Å². The van der Waals surface area contributed by atoms with Crippen LogP contribution in [0.4, 0.5) is 10.1 Å². The van der Waals surface area contributed by atoms with Crippen molar-refractivity contribution >= 4 is 29.3 Å². The Morgan fingerprint density at radius 2 is 1.72 bits per heavy atom. The van der Waals surface area contributed by atoms with Gasteiger partial charge in [0.15, 0.2) is 11.0 Å². The molecule has 2 aromatic carbocycles. The van der Waals surface area contributed by atoms with Gasteiger partial charge in [-0.15, -0.1) is 10.2 Å². The predicted molar refractivity (Wildman–Crippen MR) is 124 cm³/mol. The fourth-order valence-electron chi connectivity index (χ4n) is 3.03. The second-order valence-corrected chi connectivity index (χ2v) is 9.22. The van der Waals surface area contributed by atoms with E-state index in [1.807, 2.05) is 62.7 Å². The number of benzene rings is 2. The molecule has 0 bridgehead atoms. The summed E-state index contributed by atoms with van der Waals surface area (Å²) in [5.41, 5.74) is 0.937. The Morgan fingerprint density at radius 3 is 2.34 bits per heavy atom. The van der Waals surface area contributed by atoms with Crippen molar-refractivity contribution in [3.05, 3.63) is 60.4 Å². The molecule has 0 radical (unpaired) electrons. The van der Waals surface area contributed by atoms with Gasteiger partial charge < -0.3 is 14.8 Å². The molecular formula is C23H26FN5O2S. The van der Waals surface area contributed by atoms with E-state index in [9.17, 15) is 14.0 Å². The largest absolute Gasteiger partial charge is 0.350 e. The summed E-state index contributed by atoms with van der Waals surface area (Å²) in [5.74, 6) is -0.274. The van der Waals surface area contributed by atoms with Crippen molar-refractivity contribution in [1.82, 2.24) is 20.1 Å². The van der Waals surface area contributed by atoms with E-state index in [0.717, 1.165) is 5.56 Å². The van der Waals surface area contributed by atoms with Gasteiger partial charge in [0.2, 0.25) is 11.8 Å². The number of nitrogens with zero attached hydrogens (tertiary/aromatic N) is 4. The summed E-state index contributed by atoms with van der Waals surface area (Å²) in [6, 6.07) is 15.1. The number of halogens is 1. The average molecular weight is 456 g/mol. The molecule has 0 fully saturated rings. The van der Waals surface area contributed by atoms with Crippen molar-refractivity contribution in [2.45, 2.75) is 31.5 Å². The SMILES string of the molecule is Cn1c(SCC(=O)N(CC(=O)NC(C)(C)C)c2ccc(F)cc2)nnc1-c1ccccc1. The number of carbonyl (C=O) groups is 2. The zero-order chi connectivity index (χ0) is 23.3. The fraction of sp³-hybridized carbons (Fsp3) is 0.304. The van der Waals surface area contributed by atoms with E-state index in [4.69, 9.17) is 0 Å². The van der Waals surface area contributed by atoms with Crippen molar-refractivity contribution in [2.24, 2.45) is 7.05 Å². The quantitative estimate of drug-likeness (QED) is 0.550. The fourth-order valence-corrected chi connectivity index (χ4v) is 3.82. The molecule has 0 saturated heterocycles. The number of rotatable bonds is 7. The predicted octanol–water partition coefficient (Wildman–Crippen LogP) is 3.66. The maximum atomic E-state index is 13.4. The highest BCUT2D eigenvalue weighted by Gasteiger charge is 2.23. The first-order chi connectivity index (χ1) is 15.1. The summed E-state index contributed by atoms with van der Waals surface area (Å²) in [6.45, 7) is 5.42. The first-order valence-electron chi connectivity index (χ1n) is 10.1. The number of hydrogen-bond acceptors (Lipinski definition) is 5. The van der Waals surface area contributed by atoms with Crippen LogP contribution in [0, 0.1) is 5.82 Å². The molecule has 3 aromatic rings. The first-order valence-corrected chi connectivity index (χ1v) is 11.1. The van der Waals surface area contributed by atoms with Crippen LogP contribution in [0.1, 0.15) is 20.8 Å². The number of carbonyl (C=O) groups excluding carboxylic acids is 2. The number of anilines is 1. The molecule has 1 heterocycles. The molecule has 168 valence electrons. The third kappa shape index (κ3) is 6.16. The van der Waals surface area contributed by atoms with Crippen LogP contribution in [0.15, 0.2) is 59.8 Å². The van der Waals surface area contributed by atoms with Gasteiger partial charge in [0, 0.05) is 23.8 Å². The number of aromatic nitrogens is 3. The lowest BCUT2D eigenvalue weighted by atomic mass is 10.1. The van der Waals surface area contributed by atoms with Crippen molar-refractivity contribution in [3.63, 3.8) is 0 Å². The normalized spacial score (nSPS) is 11.3. The van der Waals surface area contributed by atoms with E-state index in [2.05, 4.69) is 15.5 Å². The number of hydrogen-bond donors (Lipinski definition) is 1. The van der Waals surface area contributed by atoms with Gasteiger partial charge >= 0.3 is 0 Å². The van der Waals surface area contributed by atoms with Crippen LogP contribution in [0.25, 0.3) is 11.4 Å². The van der Waals surface area contributed by atoms with Crippen LogP contribution < -0.4 is 10.2 Å². The minimum Gasteiger partial charge on any atom is -0.350 e. The van der Waals surface area contributed by atoms with E-state index in [1.54, 1.807) is 0 Å². The summed E-state index contributed by atoms with van der Waals surface area (Å²) >= 11 is 1.23. The van der Waals surface area contributed by atoms with Gasteiger partial charge in [-0.25, -0.2) is 4.39 Å². The number of amides is 2. The lowest BCUT2D eigenvalue weighted by Crippen LogP contribution is -2.47. The molecule has 0 aliphatic rings. The summed E-state index contributed by atoms with van der Waals surface area (Å²) < 4.78 is 15.2. The lowest BCUT2D eigenvalue weighted by molar-refractivity contribution is -0.123. The molecule has 2 amide bonds. The van der Waals surface area contributed by atoms with E-state index < -0.39 is 11.4 Å². The molecule has 0 saturated carbocycles. The van der Waals surface area contributed by atoms with Crippen molar-refractivity contribution in [3.8, 4) is 11.4 Å². The average Bonchev–Trinajstić information content (AvgIpc) is 3.11. The topological polar surface area (TPSA) is 80.1 Å². The molecule has 9 heteroatoms. The van der Waals surface area contributed by atoms with Gasteiger partial charge in [-0.3, -0.25) is 9.59 Å². The van der Waals surface area contributed by atoms with E-state index in [0.29, 0.717) is 16.7 Å². The van der Waals surface area contributed by atoms with Crippen LogP contribution in [0.5, 0.6) is 0 Å². The Hall–Kier alpha value is -3.20. The zero-order valence-electron chi connectivity index (χ0n) is 18.5. The van der Waals surface area contributed by atoms with Gasteiger partial charge in [-0.05, 0) is 45.0 Å². The molecule has 0 aliphatic heterocycles. The molecule has 3 rings (SSSR count). The zero-order valence-corrected chi connectivity index (χ0v) is 19.3. The molecule has 0 spiro atoms. The molecular weight excluding hydrogens is 429 g/mol. The third-order valence-corrected chi connectivity index (χ3v) is 5.45. The second-order valence-electron chi connectivity index (χ2n) is 8.27. The Bertz CT molecular complexity index is 1080. The van der Waals surface area contributed by atoms with Crippen LogP contribution in [0.3, 0.4) is 0 Å². The van der Waals surface area contributed by atoms with Crippen LogP contribution in [-0.2, 0) is 16.6 Å². The molecule has 0 atom stereocenters. The summed E-state index contributed by atoms with van der Waals surface area (Å²) in [7, 11) is 1.84. The molecule has 7 nitrogen and oxygen atoms in total. The Balaban J connectivity index is 1.74. The van der Waals surface area contributed by atoms with Gasteiger partial charge in [-0.1, -0.05) is 42.1 Å². The molecule has 0 unspecified atom stereocenters. The smallest absolute Gasteiger partial charge is 0.240 e. The Labute approximate surface area is 191 Å². The summed E-state index contributed by atoms with van der Waals surface area (Å²) in [5, 5.41) is 11.8. The van der Waals surface area contributed by atoms with E-state index in [1.165, 1.54) is 40.9 Å². The summed E-state index contributed by atoms with van der Waals surface area (Å²) in [6.07, 6.45) is 0. The van der Waals surface area contributed by atoms with Gasteiger partial charge in [0.1, 0.15) is 12.4 Å². The monoisotopic (exact) mass is 455 g/mol. The number of nitrogens with one attached hydrogen (secondary N) is 1. The summed E-state index contributed by atoms with van der Waals surface area (Å²) in [4.78, 5) is 26.9. The molecule has 0 aliphatic carbocycles. The standard InChI is InChI=1S/C23H26FN5O2S/c1-23(2,3)25-19(30)14-29(18-12-10-17(24)11-13-18)20(31)15-32-22-27-26-21(28(22)4)16-8-6-5-7-9-16/h5-13H,14-15H2,1-4H3,(H,25,30). The molecule has 1 N–H and O–H groups in total. The molecule has 1 aromatic heterocycles. The highest BCUT2D eigenvalue weighted by molar-refractivity contribution is 7.99. The highest BCUT2D eigenvalue weighted by Crippen LogP contribution is 2.24. The van der Waals surface area contributed by atoms with Gasteiger partial charge in [-0.2, -0.15) is 0 Å². The van der Waals surface area contributed by atoms with Crippen molar-refractivity contribution in [1.29, 1.82) is 0 Å². The Morgan fingerprint density at radius 1 is 1.06 bits per heavy atom. The minimum absolute atomic E-state index is 0.0426. The number of thioether (sulfide) groups is 1. The maximum Gasteiger partial charge on any atom is 0.240 e. The second kappa shape index (κ2) is 9.95. The van der Waals surface area contributed by atoms with Crippen LogP contribution in [-0.4, -0.2) is 44.4 Å². The minimum atomic E-state index is -0.435. The highest BCUT2D eigenvalue weighted by atomic mass is 32.2. The van der Waals surface area contributed by atoms with Crippen molar-refractivity contribution < 1.29 is 14.0 Å². The lowest BCUT2D eigenvalue weighted by Gasteiger charge is -2.26. The van der Waals surface area contributed by atoms with Crippen molar-refractivity contribution in [2.75, 3.05) is 17.2 Å². The van der Waals surface area contributed by atoms with Crippen LogP contribution >= 0.6 is 11.8 Å². The third-order valence-electron chi connectivity index (χ3n) is 4.45. The van der Waals surface area contributed by atoms with Gasteiger partial charge in [0.05, 0.1) is 5.75 Å². The first kappa shape index (κ1) is 23.5. The van der Waals surface area contributed by atoms with Gasteiger partial charge in [0.25, 0.3) is 0 Å². The van der Waals surface area contributed by atoms with E-state index >= 15 is 0 Å². The maximum absolute atomic E-state index is 13.4. The molecule has 32 heavy (non-hydrogen) atoms. The Kier molecular flexibility index (Phi) is 7.29.